The normalized spacial score (nSPS) is 17.3. The van der Waals surface area contributed by atoms with Crippen molar-refractivity contribution in [1.82, 2.24) is 10.6 Å². The average Bonchev–Trinajstić information content (AvgIpc) is 2.16. The Morgan fingerprint density at radius 1 is 1.54 bits per heavy atom. The van der Waals surface area contributed by atoms with Gasteiger partial charge in [0.05, 0.1) is 7.11 Å². The van der Waals surface area contributed by atoms with Gasteiger partial charge in [0.1, 0.15) is 0 Å². The van der Waals surface area contributed by atoms with Crippen molar-refractivity contribution in [1.29, 1.82) is 0 Å². The van der Waals surface area contributed by atoms with Crippen LogP contribution >= 0.6 is 12.4 Å². The predicted molar refractivity (Wildman–Crippen MR) is 53.2 cm³/mol. The molecule has 0 aromatic heterocycles. The van der Waals surface area contributed by atoms with Crippen LogP contribution in [-0.4, -0.2) is 32.8 Å². The zero-order chi connectivity index (χ0) is 8.81. The number of methoxy groups -OCH3 is 1. The van der Waals surface area contributed by atoms with Crippen molar-refractivity contribution in [2.75, 3.05) is 26.7 Å². The molecule has 0 aromatic carbocycles. The summed E-state index contributed by atoms with van der Waals surface area (Å²) in [6, 6.07) is 0. The standard InChI is InChI=1S/C8H16N2O2.ClH/c1-12-8(11)10-6-7-2-4-9-5-3-7;/h7,9H,2-6H2,1H3,(H,10,11);1H. The van der Waals surface area contributed by atoms with Gasteiger partial charge in [0.15, 0.2) is 0 Å². The fraction of sp³-hybridized carbons (Fsp3) is 0.875. The third-order valence-electron chi connectivity index (χ3n) is 2.18. The van der Waals surface area contributed by atoms with Crippen LogP contribution in [0.4, 0.5) is 4.79 Å². The largest absolute Gasteiger partial charge is 0.453 e. The van der Waals surface area contributed by atoms with Gasteiger partial charge in [-0.1, -0.05) is 0 Å². The minimum atomic E-state index is -0.325. The molecule has 4 nitrogen and oxygen atoms in total. The van der Waals surface area contributed by atoms with E-state index < -0.39 is 0 Å². The second kappa shape index (κ2) is 6.97. The number of halogens is 1. The van der Waals surface area contributed by atoms with Gasteiger partial charge >= 0.3 is 6.09 Å². The molecule has 1 rings (SSSR count). The summed E-state index contributed by atoms with van der Waals surface area (Å²) >= 11 is 0. The van der Waals surface area contributed by atoms with E-state index in [-0.39, 0.29) is 18.5 Å². The lowest BCUT2D eigenvalue weighted by Gasteiger charge is -2.22. The van der Waals surface area contributed by atoms with E-state index in [0.717, 1.165) is 32.5 Å². The summed E-state index contributed by atoms with van der Waals surface area (Å²) in [5, 5.41) is 5.99. The van der Waals surface area contributed by atoms with Gasteiger partial charge in [0.25, 0.3) is 0 Å². The minimum Gasteiger partial charge on any atom is -0.453 e. The molecule has 0 unspecified atom stereocenters. The fourth-order valence-corrected chi connectivity index (χ4v) is 1.39. The molecule has 1 heterocycles. The molecule has 0 bridgehead atoms. The van der Waals surface area contributed by atoms with E-state index in [1.807, 2.05) is 0 Å². The van der Waals surface area contributed by atoms with Crippen LogP contribution in [0, 0.1) is 5.92 Å². The van der Waals surface area contributed by atoms with E-state index in [0.29, 0.717) is 5.92 Å². The van der Waals surface area contributed by atoms with Crippen molar-refractivity contribution in [3.8, 4) is 0 Å². The number of hydrogen-bond donors (Lipinski definition) is 2. The quantitative estimate of drug-likeness (QED) is 0.705. The van der Waals surface area contributed by atoms with Crippen LogP contribution < -0.4 is 10.6 Å². The lowest BCUT2D eigenvalue weighted by Crippen LogP contribution is -2.35. The molecule has 0 aliphatic carbocycles. The fourth-order valence-electron chi connectivity index (χ4n) is 1.39. The molecule has 1 fully saturated rings. The second-order valence-electron chi connectivity index (χ2n) is 3.07. The zero-order valence-corrected chi connectivity index (χ0v) is 8.65. The van der Waals surface area contributed by atoms with E-state index in [9.17, 15) is 4.79 Å². The van der Waals surface area contributed by atoms with Crippen molar-refractivity contribution in [2.24, 2.45) is 5.92 Å². The highest BCUT2D eigenvalue weighted by Gasteiger charge is 2.13. The number of nitrogens with one attached hydrogen (secondary N) is 2. The zero-order valence-electron chi connectivity index (χ0n) is 7.84. The van der Waals surface area contributed by atoms with Gasteiger partial charge in [-0.2, -0.15) is 0 Å². The van der Waals surface area contributed by atoms with Crippen LogP contribution in [-0.2, 0) is 4.74 Å². The first-order valence-corrected chi connectivity index (χ1v) is 4.35. The summed E-state index contributed by atoms with van der Waals surface area (Å²) in [5.74, 6) is 0.616. The van der Waals surface area contributed by atoms with Crippen molar-refractivity contribution < 1.29 is 9.53 Å². The second-order valence-corrected chi connectivity index (χ2v) is 3.07. The van der Waals surface area contributed by atoms with Gasteiger partial charge in [0.2, 0.25) is 0 Å². The Morgan fingerprint density at radius 2 is 2.15 bits per heavy atom. The van der Waals surface area contributed by atoms with Crippen LogP contribution in [0.3, 0.4) is 0 Å². The summed E-state index contributed by atoms with van der Waals surface area (Å²) < 4.78 is 4.48. The third-order valence-corrected chi connectivity index (χ3v) is 2.18. The van der Waals surface area contributed by atoms with Crippen LogP contribution in [0.15, 0.2) is 0 Å². The van der Waals surface area contributed by atoms with Gasteiger partial charge in [-0.25, -0.2) is 4.79 Å². The number of alkyl carbamates (subject to hydrolysis) is 1. The highest BCUT2D eigenvalue weighted by atomic mass is 35.5. The Morgan fingerprint density at radius 3 is 2.69 bits per heavy atom. The van der Waals surface area contributed by atoms with Crippen LogP contribution in [0.1, 0.15) is 12.8 Å². The third kappa shape index (κ3) is 4.95. The monoisotopic (exact) mass is 208 g/mol. The SMILES string of the molecule is COC(=O)NCC1CCNCC1.Cl. The number of carbonyl (C=O) groups excluding carboxylic acids is 1. The highest BCUT2D eigenvalue weighted by Crippen LogP contribution is 2.09. The molecule has 1 saturated heterocycles. The van der Waals surface area contributed by atoms with Gasteiger partial charge in [-0.15, -0.1) is 12.4 Å². The number of piperidine rings is 1. The van der Waals surface area contributed by atoms with E-state index in [2.05, 4.69) is 15.4 Å². The molecule has 1 amide bonds. The average molecular weight is 209 g/mol. The lowest BCUT2D eigenvalue weighted by molar-refractivity contribution is 0.168. The molecule has 1 aliphatic heterocycles. The van der Waals surface area contributed by atoms with E-state index >= 15 is 0 Å². The van der Waals surface area contributed by atoms with Gasteiger partial charge in [-0.3, -0.25) is 0 Å². The topological polar surface area (TPSA) is 50.4 Å². The maximum absolute atomic E-state index is 10.7. The Bertz CT molecular complexity index is 149. The Hall–Kier alpha value is -0.480. The molecular formula is C8H17ClN2O2. The van der Waals surface area contributed by atoms with Crippen molar-refractivity contribution in [3.05, 3.63) is 0 Å². The van der Waals surface area contributed by atoms with Crippen molar-refractivity contribution in [2.45, 2.75) is 12.8 Å². The summed E-state index contributed by atoms with van der Waals surface area (Å²) in [6.45, 7) is 2.87. The summed E-state index contributed by atoms with van der Waals surface area (Å²) in [6.07, 6.45) is 1.96. The molecule has 5 heteroatoms. The number of rotatable bonds is 2. The first kappa shape index (κ1) is 12.5. The Kier molecular flexibility index (Phi) is 6.72. The number of carbonyl (C=O) groups is 1. The van der Waals surface area contributed by atoms with Crippen molar-refractivity contribution >= 4 is 18.5 Å². The molecular weight excluding hydrogens is 192 g/mol. The lowest BCUT2D eigenvalue weighted by atomic mass is 9.98. The first-order chi connectivity index (χ1) is 5.83. The Balaban J connectivity index is 0.00000144. The van der Waals surface area contributed by atoms with Gasteiger partial charge in [-0.05, 0) is 31.8 Å². The molecule has 2 N–H and O–H groups in total. The predicted octanol–water partition coefficient (Wildman–Crippen LogP) is 0.764. The molecule has 0 atom stereocenters. The molecule has 0 aromatic rings. The molecule has 0 radical (unpaired) electrons. The number of ether oxygens (including phenoxy) is 1. The number of hydrogen-bond acceptors (Lipinski definition) is 3. The van der Waals surface area contributed by atoms with E-state index in [4.69, 9.17) is 0 Å². The molecule has 13 heavy (non-hydrogen) atoms. The maximum Gasteiger partial charge on any atom is 0.406 e. The van der Waals surface area contributed by atoms with Crippen molar-refractivity contribution in [3.63, 3.8) is 0 Å². The number of amides is 1. The molecule has 78 valence electrons. The summed E-state index contributed by atoms with van der Waals surface area (Å²) in [4.78, 5) is 10.7. The van der Waals surface area contributed by atoms with E-state index in [1.54, 1.807) is 0 Å². The first-order valence-electron chi connectivity index (χ1n) is 4.35. The maximum atomic E-state index is 10.7. The summed E-state index contributed by atoms with van der Waals surface area (Å²) in [7, 11) is 1.39. The van der Waals surface area contributed by atoms with Gasteiger partial charge < -0.3 is 15.4 Å². The Labute approximate surface area is 84.8 Å². The van der Waals surface area contributed by atoms with Gasteiger partial charge in [0, 0.05) is 6.54 Å². The summed E-state index contributed by atoms with van der Waals surface area (Å²) in [5.41, 5.74) is 0. The molecule has 0 spiro atoms. The van der Waals surface area contributed by atoms with Crippen LogP contribution in [0.5, 0.6) is 0 Å². The van der Waals surface area contributed by atoms with E-state index in [1.165, 1.54) is 7.11 Å². The molecule has 1 aliphatic rings. The highest BCUT2D eigenvalue weighted by molar-refractivity contribution is 5.85. The van der Waals surface area contributed by atoms with Crippen LogP contribution in [0.25, 0.3) is 0 Å². The van der Waals surface area contributed by atoms with Crippen LogP contribution in [0.2, 0.25) is 0 Å². The molecule has 0 saturated carbocycles. The minimum absolute atomic E-state index is 0. The smallest absolute Gasteiger partial charge is 0.406 e.